The Kier molecular flexibility index (Phi) is 2.65. The van der Waals surface area contributed by atoms with E-state index in [0.29, 0.717) is 18.4 Å². The molecule has 0 bridgehead atoms. The van der Waals surface area contributed by atoms with Crippen LogP contribution < -0.4 is 11.1 Å². The Balaban J connectivity index is 1.88. The molecule has 1 fully saturated rings. The van der Waals surface area contributed by atoms with Gasteiger partial charge in [0.2, 0.25) is 0 Å². The van der Waals surface area contributed by atoms with Crippen molar-refractivity contribution >= 4 is 5.82 Å². The molecule has 0 radical (unpaired) electrons. The molecule has 1 heterocycles. The summed E-state index contributed by atoms with van der Waals surface area (Å²) in [6.45, 7) is 0.594. The van der Waals surface area contributed by atoms with E-state index in [1.165, 1.54) is 12.8 Å². The molecule has 0 aromatic carbocycles. The number of nitrogens with two attached hydrogens (primary N) is 1. The SMILES string of the molecule is Nc1ccc([C@@H](O)CNC2CC2)cn1. The predicted molar refractivity (Wildman–Crippen MR) is 54.6 cm³/mol. The highest BCUT2D eigenvalue weighted by Crippen LogP contribution is 2.20. The zero-order valence-corrected chi connectivity index (χ0v) is 7.98. The molecule has 0 spiro atoms. The Bertz CT molecular complexity index is 295. The number of nitrogen functional groups attached to an aromatic ring is 1. The molecule has 0 amide bonds. The summed E-state index contributed by atoms with van der Waals surface area (Å²) < 4.78 is 0. The Labute approximate surface area is 83.2 Å². The Morgan fingerprint density at radius 2 is 2.36 bits per heavy atom. The van der Waals surface area contributed by atoms with Crippen LogP contribution in [0.4, 0.5) is 5.82 Å². The normalized spacial score (nSPS) is 18.1. The van der Waals surface area contributed by atoms with Crippen molar-refractivity contribution in [2.45, 2.75) is 25.0 Å². The van der Waals surface area contributed by atoms with Crippen LogP contribution in [0.1, 0.15) is 24.5 Å². The zero-order valence-electron chi connectivity index (χ0n) is 7.98. The molecule has 2 rings (SSSR count). The van der Waals surface area contributed by atoms with Crippen LogP contribution in [0.5, 0.6) is 0 Å². The molecular weight excluding hydrogens is 178 g/mol. The third kappa shape index (κ3) is 2.43. The van der Waals surface area contributed by atoms with Crippen molar-refractivity contribution in [3.63, 3.8) is 0 Å². The predicted octanol–water partition coefficient (Wildman–Crippen LogP) is 0.449. The molecule has 1 saturated carbocycles. The summed E-state index contributed by atoms with van der Waals surface area (Å²) in [5.41, 5.74) is 6.26. The lowest BCUT2D eigenvalue weighted by atomic mass is 10.1. The van der Waals surface area contributed by atoms with Crippen molar-refractivity contribution in [2.75, 3.05) is 12.3 Å². The smallest absolute Gasteiger partial charge is 0.123 e. The molecule has 1 aliphatic carbocycles. The summed E-state index contributed by atoms with van der Waals surface area (Å²) in [6, 6.07) is 4.13. The second-order valence-corrected chi connectivity index (χ2v) is 3.71. The van der Waals surface area contributed by atoms with Crippen molar-refractivity contribution in [2.24, 2.45) is 0 Å². The van der Waals surface area contributed by atoms with Crippen molar-refractivity contribution in [1.82, 2.24) is 10.3 Å². The maximum Gasteiger partial charge on any atom is 0.123 e. The summed E-state index contributed by atoms with van der Waals surface area (Å²) in [5, 5.41) is 13.0. The minimum Gasteiger partial charge on any atom is -0.387 e. The van der Waals surface area contributed by atoms with Gasteiger partial charge in [0.25, 0.3) is 0 Å². The lowest BCUT2D eigenvalue weighted by Gasteiger charge is -2.11. The quantitative estimate of drug-likeness (QED) is 0.649. The fourth-order valence-corrected chi connectivity index (χ4v) is 1.30. The van der Waals surface area contributed by atoms with Gasteiger partial charge >= 0.3 is 0 Å². The fraction of sp³-hybridized carbons (Fsp3) is 0.500. The fourth-order valence-electron chi connectivity index (χ4n) is 1.30. The largest absolute Gasteiger partial charge is 0.387 e. The Morgan fingerprint density at radius 3 is 2.93 bits per heavy atom. The number of pyridine rings is 1. The lowest BCUT2D eigenvalue weighted by molar-refractivity contribution is 0.174. The van der Waals surface area contributed by atoms with E-state index in [-0.39, 0.29) is 0 Å². The molecule has 14 heavy (non-hydrogen) atoms. The Hall–Kier alpha value is -1.13. The summed E-state index contributed by atoms with van der Waals surface area (Å²) in [5.74, 6) is 0.483. The van der Waals surface area contributed by atoms with Crippen LogP contribution in [0.25, 0.3) is 0 Å². The van der Waals surface area contributed by atoms with E-state index < -0.39 is 6.10 Å². The number of aliphatic hydroxyl groups is 1. The van der Waals surface area contributed by atoms with Crippen molar-refractivity contribution in [3.8, 4) is 0 Å². The molecule has 1 aliphatic rings. The van der Waals surface area contributed by atoms with Gasteiger partial charge in [0, 0.05) is 24.3 Å². The van der Waals surface area contributed by atoms with Gasteiger partial charge in [-0.3, -0.25) is 0 Å². The van der Waals surface area contributed by atoms with Gasteiger partial charge in [-0.25, -0.2) is 4.98 Å². The second kappa shape index (κ2) is 3.94. The molecule has 0 unspecified atom stereocenters. The highest BCUT2D eigenvalue weighted by molar-refractivity contribution is 5.30. The molecule has 4 N–H and O–H groups in total. The van der Waals surface area contributed by atoms with E-state index >= 15 is 0 Å². The molecule has 4 heteroatoms. The minimum absolute atomic E-state index is 0.483. The van der Waals surface area contributed by atoms with Gasteiger partial charge in [0.15, 0.2) is 0 Å². The number of nitrogens with one attached hydrogen (secondary N) is 1. The van der Waals surface area contributed by atoms with Crippen LogP contribution in [-0.4, -0.2) is 22.7 Å². The van der Waals surface area contributed by atoms with Gasteiger partial charge in [-0.2, -0.15) is 0 Å². The summed E-state index contributed by atoms with van der Waals surface area (Å²) in [4.78, 5) is 3.93. The molecule has 4 nitrogen and oxygen atoms in total. The first-order valence-corrected chi connectivity index (χ1v) is 4.88. The third-order valence-corrected chi connectivity index (χ3v) is 2.37. The van der Waals surface area contributed by atoms with Gasteiger partial charge in [-0.05, 0) is 18.9 Å². The average Bonchev–Trinajstić information content (AvgIpc) is 2.99. The van der Waals surface area contributed by atoms with Gasteiger partial charge in [0.1, 0.15) is 5.82 Å². The standard InChI is InChI=1S/C10H15N3O/c11-10-4-1-7(5-13-10)9(14)6-12-8-2-3-8/h1,4-5,8-9,12,14H,2-3,6H2,(H2,11,13)/t9-/m0/s1. The summed E-state index contributed by atoms with van der Waals surface area (Å²) in [7, 11) is 0. The van der Waals surface area contributed by atoms with Crippen molar-refractivity contribution in [3.05, 3.63) is 23.9 Å². The van der Waals surface area contributed by atoms with E-state index in [2.05, 4.69) is 10.3 Å². The van der Waals surface area contributed by atoms with Crippen LogP contribution in [0.3, 0.4) is 0 Å². The molecular formula is C10H15N3O. The maximum atomic E-state index is 9.74. The monoisotopic (exact) mass is 193 g/mol. The van der Waals surface area contributed by atoms with E-state index in [4.69, 9.17) is 5.73 Å². The van der Waals surface area contributed by atoms with Crippen LogP contribution in [-0.2, 0) is 0 Å². The van der Waals surface area contributed by atoms with E-state index in [1.54, 1.807) is 12.3 Å². The van der Waals surface area contributed by atoms with Crippen LogP contribution in [0.2, 0.25) is 0 Å². The van der Waals surface area contributed by atoms with E-state index in [9.17, 15) is 5.11 Å². The van der Waals surface area contributed by atoms with Gasteiger partial charge < -0.3 is 16.2 Å². The molecule has 0 aliphatic heterocycles. The highest BCUT2D eigenvalue weighted by Gasteiger charge is 2.21. The number of aromatic nitrogens is 1. The lowest BCUT2D eigenvalue weighted by Crippen LogP contribution is -2.23. The third-order valence-electron chi connectivity index (χ3n) is 2.37. The summed E-state index contributed by atoms with van der Waals surface area (Å²) >= 11 is 0. The van der Waals surface area contributed by atoms with Crippen molar-refractivity contribution < 1.29 is 5.11 Å². The zero-order chi connectivity index (χ0) is 9.97. The number of nitrogens with zero attached hydrogens (tertiary/aromatic N) is 1. The van der Waals surface area contributed by atoms with Crippen LogP contribution >= 0.6 is 0 Å². The topological polar surface area (TPSA) is 71.2 Å². The number of anilines is 1. The number of hydrogen-bond acceptors (Lipinski definition) is 4. The van der Waals surface area contributed by atoms with Gasteiger partial charge in [0.05, 0.1) is 6.10 Å². The first-order chi connectivity index (χ1) is 6.75. The first kappa shape index (κ1) is 9.43. The van der Waals surface area contributed by atoms with Crippen LogP contribution in [0, 0.1) is 0 Å². The molecule has 76 valence electrons. The van der Waals surface area contributed by atoms with Crippen molar-refractivity contribution in [1.29, 1.82) is 0 Å². The maximum absolute atomic E-state index is 9.74. The second-order valence-electron chi connectivity index (χ2n) is 3.71. The molecule has 0 saturated heterocycles. The molecule has 1 aromatic heterocycles. The summed E-state index contributed by atoms with van der Waals surface area (Å²) in [6.07, 6.45) is 3.59. The first-order valence-electron chi connectivity index (χ1n) is 4.88. The minimum atomic E-state index is -0.483. The Morgan fingerprint density at radius 1 is 1.57 bits per heavy atom. The van der Waals surface area contributed by atoms with E-state index in [1.807, 2.05) is 6.07 Å². The van der Waals surface area contributed by atoms with Crippen LogP contribution in [0.15, 0.2) is 18.3 Å². The van der Waals surface area contributed by atoms with Gasteiger partial charge in [-0.15, -0.1) is 0 Å². The average molecular weight is 193 g/mol. The molecule has 1 aromatic rings. The highest BCUT2D eigenvalue weighted by atomic mass is 16.3. The number of hydrogen-bond donors (Lipinski definition) is 3. The number of rotatable bonds is 4. The molecule has 1 atom stereocenters. The van der Waals surface area contributed by atoms with Gasteiger partial charge in [-0.1, -0.05) is 6.07 Å². The van der Waals surface area contributed by atoms with E-state index in [0.717, 1.165) is 5.56 Å². The number of aliphatic hydroxyl groups excluding tert-OH is 1.